The van der Waals surface area contributed by atoms with Gasteiger partial charge in [-0.2, -0.15) is 0 Å². The first-order valence-electron chi connectivity index (χ1n) is 6.57. The molecule has 0 saturated heterocycles. The zero-order valence-electron chi connectivity index (χ0n) is 12.2. The third kappa shape index (κ3) is 4.52. The van der Waals surface area contributed by atoms with Gasteiger partial charge in [0, 0.05) is 43.0 Å². The van der Waals surface area contributed by atoms with Crippen molar-refractivity contribution in [2.45, 2.75) is 0 Å². The molecule has 0 aliphatic heterocycles. The number of allylic oxidation sites excluding steroid dienone is 1. The van der Waals surface area contributed by atoms with Crippen molar-refractivity contribution in [3.05, 3.63) is 70.3 Å². The molecule has 2 rings (SSSR count). The highest BCUT2D eigenvalue weighted by Gasteiger charge is 2.09. The van der Waals surface area contributed by atoms with Gasteiger partial charge in [-0.1, -0.05) is 23.2 Å². The van der Waals surface area contributed by atoms with Crippen LogP contribution in [0.3, 0.4) is 0 Å². The third-order valence-corrected chi connectivity index (χ3v) is 3.34. The van der Waals surface area contributed by atoms with Gasteiger partial charge in [0.05, 0.1) is 5.02 Å². The molecule has 0 bridgehead atoms. The fourth-order valence-electron chi connectivity index (χ4n) is 1.70. The van der Waals surface area contributed by atoms with Gasteiger partial charge in [-0.05, 0) is 36.4 Å². The molecule has 3 nitrogen and oxygen atoms in total. The molecule has 0 fully saturated rings. The number of halogens is 2. The van der Waals surface area contributed by atoms with Gasteiger partial charge in [-0.25, -0.2) is 0 Å². The Labute approximate surface area is 139 Å². The van der Waals surface area contributed by atoms with E-state index in [1.807, 2.05) is 14.1 Å². The second-order valence-electron chi connectivity index (χ2n) is 4.84. The largest absolute Gasteiger partial charge is 0.457 e. The van der Waals surface area contributed by atoms with E-state index in [0.717, 1.165) is 0 Å². The summed E-state index contributed by atoms with van der Waals surface area (Å²) in [6.45, 7) is 0. The van der Waals surface area contributed by atoms with Crippen LogP contribution < -0.4 is 4.74 Å². The Balaban J connectivity index is 2.15. The molecule has 0 unspecified atom stereocenters. The lowest BCUT2D eigenvalue weighted by atomic mass is 10.1. The van der Waals surface area contributed by atoms with Gasteiger partial charge in [0.15, 0.2) is 5.78 Å². The van der Waals surface area contributed by atoms with Crippen molar-refractivity contribution in [1.29, 1.82) is 0 Å². The molecule has 0 N–H and O–H groups in total. The number of ether oxygens (including phenoxy) is 1. The van der Waals surface area contributed by atoms with E-state index in [1.54, 1.807) is 53.6 Å². The minimum atomic E-state index is -0.156. The lowest BCUT2D eigenvalue weighted by Gasteiger charge is -2.08. The quantitative estimate of drug-likeness (QED) is 0.566. The topological polar surface area (TPSA) is 29.5 Å². The maximum absolute atomic E-state index is 12.0. The molecule has 0 aliphatic rings. The lowest BCUT2D eigenvalue weighted by molar-refractivity contribution is 0.104. The fraction of sp³-hybridized carbons (Fsp3) is 0.118. The van der Waals surface area contributed by atoms with Crippen molar-refractivity contribution in [2.24, 2.45) is 0 Å². The number of nitrogens with zero attached hydrogens (tertiary/aromatic N) is 1. The molecule has 0 aliphatic carbocycles. The van der Waals surface area contributed by atoms with Crippen LogP contribution in [0.2, 0.25) is 10.0 Å². The van der Waals surface area contributed by atoms with Crippen molar-refractivity contribution in [3.63, 3.8) is 0 Å². The summed E-state index contributed by atoms with van der Waals surface area (Å²) in [6.07, 6.45) is 3.15. The van der Waals surface area contributed by atoms with Gasteiger partial charge in [-0.15, -0.1) is 0 Å². The molecule has 22 heavy (non-hydrogen) atoms. The van der Waals surface area contributed by atoms with Crippen LogP contribution in [0.4, 0.5) is 0 Å². The number of benzene rings is 2. The zero-order chi connectivity index (χ0) is 16.1. The smallest absolute Gasteiger partial charge is 0.188 e. The van der Waals surface area contributed by atoms with E-state index >= 15 is 0 Å². The molecule has 0 amide bonds. The summed E-state index contributed by atoms with van der Waals surface area (Å²) >= 11 is 12.0. The fourth-order valence-corrected chi connectivity index (χ4v) is 2.09. The van der Waals surface area contributed by atoms with Gasteiger partial charge in [0.1, 0.15) is 11.5 Å². The van der Waals surface area contributed by atoms with Crippen LogP contribution in [0.1, 0.15) is 10.4 Å². The Hall–Kier alpha value is -1.97. The summed E-state index contributed by atoms with van der Waals surface area (Å²) in [6, 6.07) is 12.0. The Bertz CT molecular complexity index is 694. The van der Waals surface area contributed by atoms with E-state index in [4.69, 9.17) is 27.9 Å². The van der Waals surface area contributed by atoms with Gasteiger partial charge in [-0.3, -0.25) is 4.79 Å². The first-order chi connectivity index (χ1) is 10.5. The summed E-state index contributed by atoms with van der Waals surface area (Å²) in [4.78, 5) is 13.8. The monoisotopic (exact) mass is 335 g/mol. The lowest BCUT2D eigenvalue weighted by Crippen LogP contribution is -2.03. The summed E-state index contributed by atoms with van der Waals surface area (Å²) < 4.78 is 5.67. The summed E-state index contributed by atoms with van der Waals surface area (Å²) in [5.74, 6) is 1.05. The molecule has 2 aromatic rings. The van der Waals surface area contributed by atoms with E-state index in [1.165, 1.54) is 6.08 Å². The van der Waals surface area contributed by atoms with E-state index in [2.05, 4.69) is 0 Å². The van der Waals surface area contributed by atoms with Crippen LogP contribution in [-0.2, 0) is 0 Å². The summed E-state index contributed by atoms with van der Waals surface area (Å²) in [5, 5.41) is 0.985. The zero-order valence-corrected chi connectivity index (χ0v) is 13.7. The molecule has 114 valence electrons. The van der Waals surface area contributed by atoms with Crippen LogP contribution in [0.25, 0.3) is 0 Å². The van der Waals surface area contributed by atoms with Crippen molar-refractivity contribution in [3.8, 4) is 11.5 Å². The normalized spacial score (nSPS) is 10.7. The first kappa shape index (κ1) is 16.4. The van der Waals surface area contributed by atoms with E-state index < -0.39 is 0 Å². The Morgan fingerprint density at radius 2 is 1.68 bits per heavy atom. The van der Waals surface area contributed by atoms with Crippen molar-refractivity contribution in [1.82, 2.24) is 4.90 Å². The average Bonchev–Trinajstić information content (AvgIpc) is 2.47. The van der Waals surface area contributed by atoms with E-state index in [-0.39, 0.29) is 5.78 Å². The minimum Gasteiger partial charge on any atom is -0.457 e. The Morgan fingerprint density at radius 1 is 1.05 bits per heavy atom. The second-order valence-corrected chi connectivity index (χ2v) is 5.68. The minimum absolute atomic E-state index is 0.156. The van der Waals surface area contributed by atoms with Crippen LogP contribution in [0.5, 0.6) is 11.5 Å². The highest BCUT2D eigenvalue weighted by atomic mass is 35.5. The van der Waals surface area contributed by atoms with Crippen LogP contribution >= 0.6 is 23.2 Å². The molecule has 0 saturated carbocycles. The molecule has 0 heterocycles. The maximum atomic E-state index is 12.0. The van der Waals surface area contributed by atoms with Crippen molar-refractivity contribution in [2.75, 3.05) is 14.1 Å². The number of carbonyl (C=O) groups excluding carboxylic acids is 1. The average molecular weight is 336 g/mol. The van der Waals surface area contributed by atoms with Crippen LogP contribution in [0, 0.1) is 0 Å². The number of hydrogen-bond donors (Lipinski definition) is 0. The molecule has 0 spiro atoms. The Kier molecular flexibility index (Phi) is 5.47. The molecular weight excluding hydrogens is 321 g/mol. The van der Waals surface area contributed by atoms with Crippen molar-refractivity contribution >= 4 is 29.0 Å². The standard InChI is InChI=1S/C17H15Cl2NO2/c1-20(2)10-9-17(21)15-8-7-14(11-16(15)19)22-13-5-3-12(18)4-6-13/h3-11H,1-2H3. The van der Waals surface area contributed by atoms with E-state index in [0.29, 0.717) is 27.1 Å². The number of rotatable bonds is 5. The third-order valence-electron chi connectivity index (χ3n) is 2.78. The van der Waals surface area contributed by atoms with Crippen LogP contribution in [-0.4, -0.2) is 24.8 Å². The predicted octanol–water partition coefficient (Wildman–Crippen LogP) is 5.04. The molecule has 2 aromatic carbocycles. The van der Waals surface area contributed by atoms with Gasteiger partial charge in [0.2, 0.25) is 0 Å². The van der Waals surface area contributed by atoms with Crippen molar-refractivity contribution < 1.29 is 9.53 Å². The highest BCUT2D eigenvalue weighted by molar-refractivity contribution is 6.34. The van der Waals surface area contributed by atoms with E-state index in [9.17, 15) is 4.79 Å². The molecular formula is C17H15Cl2NO2. The molecule has 0 atom stereocenters. The molecule has 0 radical (unpaired) electrons. The highest BCUT2D eigenvalue weighted by Crippen LogP contribution is 2.28. The second kappa shape index (κ2) is 7.34. The maximum Gasteiger partial charge on any atom is 0.188 e. The van der Waals surface area contributed by atoms with Crippen LogP contribution in [0.15, 0.2) is 54.7 Å². The van der Waals surface area contributed by atoms with Gasteiger partial charge in [0.25, 0.3) is 0 Å². The summed E-state index contributed by atoms with van der Waals surface area (Å²) in [5.41, 5.74) is 0.434. The predicted molar refractivity (Wildman–Crippen MR) is 90.1 cm³/mol. The molecule has 5 heteroatoms. The first-order valence-corrected chi connectivity index (χ1v) is 7.33. The Morgan fingerprint density at radius 3 is 2.27 bits per heavy atom. The number of carbonyl (C=O) groups is 1. The SMILES string of the molecule is CN(C)C=CC(=O)c1ccc(Oc2ccc(Cl)cc2)cc1Cl. The van der Waals surface area contributed by atoms with Gasteiger partial charge >= 0.3 is 0 Å². The van der Waals surface area contributed by atoms with Gasteiger partial charge < -0.3 is 9.64 Å². The molecule has 0 aromatic heterocycles. The number of ketones is 1. The summed E-state index contributed by atoms with van der Waals surface area (Å²) in [7, 11) is 3.68. The number of hydrogen-bond acceptors (Lipinski definition) is 3.